The third-order valence-electron chi connectivity index (χ3n) is 3.55. The van der Waals surface area contributed by atoms with Gasteiger partial charge >= 0.3 is 17.9 Å². The van der Waals surface area contributed by atoms with Gasteiger partial charge in [0.1, 0.15) is 28.6 Å². The van der Waals surface area contributed by atoms with Crippen molar-refractivity contribution in [1.29, 1.82) is 0 Å². The maximum atomic E-state index is 11.4. The molecule has 7 nitrogen and oxygen atoms in total. The molecule has 0 N–H and O–H groups in total. The van der Waals surface area contributed by atoms with Crippen LogP contribution in [0.5, 0.6) is 17.2 Å². The number of carbonyl (C=O) groups excluding carboxylic acids is 3. The van der Waals surface area contributed by atoms with E-state index in [4.69, 9.17) is 18.6 Å². The fourth-order valence-electron chi connectivity index (χ4n) is 2.56. The molecule has 0 aliphatic rings. The fourth-order valence-corrected chi connectivity index (χ4v) is 3.09. The number of ether oxygens (including phenoxy) is 3. The molecule has 0 saturated carbocycles. The van der Waals surface area contributed by atoms with Gasteiger partial charge in [-0.2, -0.15) is 0 Å². The van der Waals surface area contributed by atoms with E-state index in [1.165, 1.54) is 20.8 Å². The zero-order valence-corrected chi connectivity index (χ0v) is 17.4. The number of benzene rings is 2. The summed E-state index contributed by atoms with van der Waals surface area (Å²) in [4.78, 5) is 34.0. The highest BCUT2D eigenvalue weighted by Gasteiger charge is 2.17. The molecule has 0 spiro atoms. The molecule has 0 amide bonds. The summed E-state index contributed by atoms with van der Waals surface area (Å²) in [6, 6.07) is 10.1. The first kappa shape index (κ1) is 19.9. The van der Waals surface area contributed by atoms with Crippen LogP contribution in [0.15, 0.2) is 40.8 Å². The average molecular weight is 494 g/mol. The number of rotatable bonds is 4. The van der Waals surface area contributed by atoms with E-state index >= 15 is 0 Å². The topological polar surface area (TPSA) is 92.0 Å². The van der Waals surface area contributed by atoms with Crippen molar-refractivity contribution in [2.24, 2.45) is 0 Å². The molecule has 0 aliphatic carbocycles. The van der Waals surface area contributed by atoms with Crippen molar-refractivity contribution in [2.45, 2.75) is 20.8 Å². The minimum Gasteiger partial charge on any atom is -0.456 e. The molecular formula is C20H15IO7. The van der Waals surface area contributed by atoms with Gasteiger partial charge in [0.2, 0.25) is 0 Å². The van der Waals surface area contributed by atoms with E-state index in [2.05, 4.69) is 0 Å². The lowest BCUT2D eigenvalue weighted by Gasteiger charge is -2.11. The first-order valence-corrected chi connectivity index (χ1v) is 9.23. The molecule has 1 aromatic heterocycles. The second-order valence-corrected chi connectivity index (χ2v) is 6.96. The molecule has 0 saturated heterocycles. The highest BCUT2D eigenvalue weighted by molar-refractivity contribution is 14.1. The number of furan rings is 1. The lowest BCUT2D eigenvalue weighted by atomic mass is 10.1. The summed E-state index contributed by atoms with van der Waals surface area (Å²) in [6.45, 7) is 3.88. The normalized spacial score (nSPS) is 10.6. The first-order chi connectivity index (χ1) is 13.2. The molecule has 0 aliphatic heterocycles. The Morgan fingerprint density at radius 3 is 1.93 bits per heavy atom. The molecule has 28 heavy (non-hydrogen) atoms. The zero-order chi connectivity index (χ0) is 20.4. The van der Waals surface area contributed by atoms with Crippen molar-refractivity contribution in [3.63, 3.8) is 0 Å². The monoisotopic (exact) mass is 494 g/mol. The molecule has 0 fully saturated rings. The molecule has 0 bridgehead atoms. The second-order valence-electron chi connectivity index (χ2n) is 5.88. The van der Waals surface area contributed by atoms with Gasteiger partial charge in [0.05, 0.1) is 3.57 Å². The smallest absolute Gasteiger partial charge is 0.308 e. The summed E-state index contributed by atoms with van der Waals surface area (Å²) in [5, 5.41) is 0.785. The van der Waals surface area contributed by atoms with Crippen LogP contribution in [0.25, 0.3) is 22.3 Å². The molecular weight excluding hydrogens is 479 g/mol. The Kier molecular flexibility index (Phi) is 5.68. The maximum Gasteiger partial charge on any atom is 0.308 e. The van der Waals surface area contributed by atoms with Gasteiger partial charge in [-0.1, -0.05) is 0 Å². The number of carbonyl (C=O) groups is 3. The highest BCUT2D eigenvalue weighted by atomic mass is 127. The van der Waals surface area contributed by atoms with E-state index < -0.39 is 17.9 Å². The minimum atomic E-state index is -0.500. The van der Waals surface area contributed by atoms with Gasteiger partial charge in [-0.05, 0) is 52.9 Å². The van der Waals surface area contributed by atoms with E-state index in [1.54, 1.807) is 36.4 Å². The van der Waals surface area contributed by atoms with Crippen molar-refractivity contribution in [1.82, 2.24) is 0 Å². The third kappa shape index (κ3) is 4.50. The Morgan fingerprint density at radius 1 is 0.821 bits per heavy atom. The van der Waals surface area contributed by atoms with Crippen LogP contribution in [-0.2, 0) is 14.4 Å². The van der Waals surface area contributed by atoms with Gasteiger partial charge in [-0.25, -0.2) is 0 Å². The Labute approximate surface area is 173 Å². The SMILES string of the molecule is CC(=O)Oc1ccc2cc(-c3cc(OC(C)=O)c(I)c(OC(C)=O)c3)oc2c1. The Bertz CT molecular complexity index is 1060. The quantitative estimate of drug-likeness (QED) is 0.300. The molecule has 0 unspecified atom stereocenters. The highest BCUT2D eigenvalue weighted by Crippen LogP contribution is 2.38. The lowest BCUT2D eigenvalue weighted by molar-refractivity contribution is -0.133. The predicted molar refractivity (Wildman–Crippen MR) is 108 cm³/mol. The van der Waals surface area contributed by atoms with Crippen LogP contribution in [0.2, 0.25) is 0 Å². The molecule has 144 valence electrons. The summed E-state index contributed by atoms with van der Waals surface area (Å²) >= 11 is 1.94. The number of halogens is 1. The maximum absolute atomic E-state index is 11.4. The average Bonchev–Trinajstić information content (AvgIpc) is 3.00. The van der Waals surface area contributed by atoms with Crippen LogP contribution in [0.4, 0.5) is 0 Å². The summed E-state index contributed by atoms with van der Waals surface area (Å²) in [6.07, 6.45) is 0. The van der Waals surface area contributed by atoms with Crippen LogP contribution in [-0.4, -0.2) is 17.9 Å². The van der Waals surface area contributed by atoms with Crippen LogP contribution < -0.4 is 14.2 Å². The van der Waals surface area contributed by atoms with Gasteiger partial charge in [0, 0.05) is 37.8 Å². The van der Waals surface area contributed by atoms with E-state index in [1.807, 2.05) is 22.6 Å². The van der Waals surface area contributed by atoms with Crippen LogP contribution >= 0.6 is 22.6 Å². The third-order valence-corrected chi connectivity index (χ3v) is 4.61. The summed E-state index contributed by atoms with van der Waals surface area (Å²) in [5.74, 6) is -0.0940. The predicted octanol–water partition coefficient (Wildman–Crippen LogP) is 4.48. The minimum absolute atomic E-state index is 0.253. The summed E-state index contributed by atoms with van der Waals surface area (Å²) in [5.41, 5.74) is 1.06. The molecule has 1 heterocycles. The molecule has 3 aromatic rings. The van der Waals surface area contributed by atoms with E-state index in [9.17, 15) is 14.4 Å². The van der Waals surface area contributed by atoms with Crippen molar-refractivity contribution in [3.05, 3.63) is 40.0 Å². The molecule has 0 radical (unpaired) electrons. The lowest BCUT2D eigenvalue weighted by Crippen LogP contribution is -2.07. The number of esters is 3. The molecule has 8 heteroatoms. The Morgan fingerprint density at radius 2 is 1.39 bits per heavy atom. The standard InChI is InChI=1S/C20H15IO7/c1-10(22)25-15-5-4-13-6-16(28-17(13)9-15)14-7-18(26-11(2)23)20(21)19(8-14)27-12(3)24/h4-9H,1-3H3. The summed E-state index contributed by atoms with van der Waals surface area (Å²) < 4.78 is 21.9. The van der Waals surface area contributed by atoms with E-state index in [0.29, 0.717) is 26.2 Å². The van der Waals surface area contributed by atoms with Gasteiger partial charge < -0.3 is 18.6 Å². The number of hydrogen-bond donors (Lipinski definition) is 0. The van der Waals surface area contributed by atoms with E-state index in [0.717, 1.165) is 5.39 Å². The molecule has 2 aromatic carbocycles. The van der Waals surface area contributed by atoms with Crippen LogP contribution in [0, 0.1) is 3.57 Å². The van der Waals surface area contributed by atoms with Crippen molar-refractivity contribution in [2.75, 3.05) is 0 Å². The van der Waals surface area contributed by atoms with Gasteiger partial charge in [-0.15, -0.1) is 0 Å². The zero-order valence-electron chi connectivity index (χ0n) is 15.2. The number of fused-ring (bicyclic) bond motifs is 1. The molecule has 0 atom stereocenters. The fraction of sp³-hybridized carbons (Fsp3) is 0.150. The van der Waals surface area contributed by atoms with Crippen molar-refractivity contribution >= 4 is 51.5 Å². The Hall–Kier alpha value is -2.88. The first-order valence-electron chi connectivity index (χ1n) is 8.15. The van der Waals surface area contributed by atoms with Crippen LogP contribution in [0.1, 0.15) is 20.8 Å². The van der Waals surface area contributed by atoms with Gasteiger partial charge in [0.25, 0.3) is 0 Å². The largest absolute Gasteiger partial charge is 0.456 e. The van der Waals surface area contributed by atoms with Crippen molar-refractivity contribution in [3.8, 4) is 28.6 Å². The van der Waals surface area contributed by atoms with Gasteiger partial charge in [0.15, 0.2) is 0 Å². The van der Waals surface area contributed by atoms with Crippen LogP contribution in [0.3, 0.4) is 0 Å². The number of hydrogen-bond acceptors (Lipinski definition) is 7. The summed E-state index contributed by atoms with van der Waals surface area (Å²) in [7, 11) is 0. The van der Waals surface area contributed by atoms with Crippen molar-refractivity contribution < 1.29 is 33.0 Å². The second kappa shape index (κ2) is 8.01. The molecule has 3 rings (SSSR count). The van der Waals surface area contributed by atoms with E-state index in [-0.39, 0.29) is 11.5 Å². The Balaban J connectivity index is 2.09. The van der Waals surface area contributed by atoms with Gasteiger partial charge in [-0.3, -0.25) is 14.4 Å².